The minimum absolute atomic E-state index is 0.402. The number of methoxy groups -OCH3 is 1. The van der Waals surface area contributed by atoms with Gasteiger partial charge in [0.2, 0.25) is 5.88 Å². The second-order valence-corrected chi connectivity index (χ2v) is 6.29. The van der Waals surface area contributed by atoms with Crippen LogP contribution in [0.2, 0.25) is 0 Å². The van der Waals surface area contributed by atoms with Crippen molar-refractivity contribution in [1.29, 1.82) is 0 Å². The Morgan fingerprint density at radius 3 is 2.24 bits per heavy atom. The molecule has 0 bridgehead atoms. The number of ether oxygens (including phenoxy) is 1. The molecule has 0 saturated heterocycles. The van der Waals surface area contributed by atoms with Crippen molar-refractivity contribution in [2.75, 3.05) is 7.11 Å². The van der Waals surface area contributed by atoms with Crippen molar-refractivity contribution in [3.8, 4) is 17.0 Å². The first-order chi connectivity index (χ1) is 12.2. The first-order valence-corrected chi connectivity index (χ1v) is 8.51. The minimum Gasteiger partial charge on any atom is -0.481 e. The van der Waals surface area contributed by atoms with Gasteiger partial charge in [-0.15, -0.1) is 0 Å². The largest absolute Gasteiger partial charge is 0.481 e. The number of aromatic nitrogens is 1. The molecule has 0 saturated carbocycles. The van der Waals surface area contributed by atoms with Gasteiger partial charge in [-0.05, 0) is 46.2 Å². The molecule has 0 aliphatic carbocycles. The van der Waals surface area contributed by atoms with Crippen LogP contribution < -0.4 is 4.74 Å². The molecule has 2 heteroatoms. The standard InChI is InChI=1S/C23H23NO/c1-17(15-18(2)22-13-14-23(25-3)24-16-22)19-9-11-21(12-10-19)20-7-5-4-6-8-20/h4-14,16-17H,2,15H2,1,3H3/t17-/m1/s1. The van der Waals surface area contributed by atoms with Crippen LogP contribution in [0.25, 0.3) is 16.7 Å². The lowest BCUT2D eigenvalue weighted by atomic mass is 9.90. The van der Waals surface area contributed by atoms with Gasteiger partial charge in [0, 0.05) is 12.3 Å². The molecule has 0 spiro atoms. The van der Waals surface area contributed by atoms with Gasteiger partial charge in [-0.25, -0.2) is 4.98 Å². The van der Waals surface area contributed by atoms with E-state index in [1.165, 1.54) is 16.7 Å². The quantitative estimate of drug-likeness (QED) is 0.556. The van der Waals surface area contributed by atoms with Gasteiger partial charge in [0.1, 0.15) is 0 Å². The lowest BCUT2D eigenvalue weighted by Crippen LogP contribution is -1.96. The zero-order valence-electron chi connectivity index (χ0n) is 14.8. The summed E-state index contributed by atoms with van der Waals surface area (Å²) >= 11 is 0. The normalized spacial score (nSPS) is 11.8. The smallest absolute Gasteiger partial charge is 0.212 e. The number of hydrogen-bond donors (Lipinski definition) is 0. The molecule has 3 aromatic rings. The molecule has 0 amide bonds. The van der Waals surface area contributed by atoms with E-state index in [0.29, 0.717) is 11.8 Å². The summed E-state index contributed by atoms with van der Waals surface area (Å²) in [4.78, 5) is 4.26. The maximum atomic E-state index is 5.11. The zero-order valence-corrected chi connectivity index (χ0v) is 14.8. The third kappa shape index (κ3) is 4.16. The van der Waals surface area contributed by atoms with Crippen molar-refractivity contribution in [3.63, 3.8) is 0 Å². The van der Waals surface area contributed by atoms with Crippen LogP contribution in [0.5, 0.6) is 5.88 Å². The molecule has 1 heterocycles. The topological polar surface area (TPSA) is 22.1 Å². The van der Waals surface area contributed by atoms with E-state index in [1.54, 1.807) is 7.11 Å². The predicted octanol–water partition coefficient (Wildman–Crippen LogP) is 5.96. The first-order valence-electron chi connectivity index (χ1n) is 8.51. The lowest BCUT2D eigenvalue weighted by Gasteiger charge is -2.15. The molecule has 25 heavy (non-hydrogen) atoms. The molecule has 2 nitrogen and oxygen atoms in total. The van der Waals surface area contributed by atoms with Crippen LogP contribution in [0, 0.1) is 0 Å². The van der Waals surface area contributed by atoms with Crippen LogP contribution in [0.3, 0.4) is 0 Å². The molecule has 0 radical (unpaired) electrons. The molecular formula is C23H23NO. The van der Waals surface area contributed by atoms with E-state index in [2.05, 4.69) is 67.0 Å². The van der Waals surface area contributed by atoms with Gasteiger partial charge in [-0.2, -0.15) is 0 Å². The number of pyridine rings is 1. The van der Waals surface area contributed by atoms with Gasteiger partial charge < -0.3 is 4.74 Å². The number of hydrogen-bond acceptors (Lipinski definition) is 2. The molecule has 3 rings (SSSR count). The monoisotopic (exact) mass is 329 g/mol. The summed E-state index contributed by atoms with van der Waals surface area (Å²) in [5, 5.41) is 0. The van der Waals surface area contributed by atoms with Crippen molar-refractivity contribution in [1.82, 2.24) is 4.98 Å². The van der Waals surface area contributed by atoms with Crippen LogP contribution in [0.15, 0.2) is 79.5 Å². The molecule has 1 atom stereocenters. The number of rotatable bonds is 6. The Kier molecular flexibility index (Phi) is 5.30. The summed E-state index contributed by atoms with van der Waals surface area (Å²) in [6, 6.07) is 23.2. The van der Waals surface area contributed by atoms with Gasteiger partial charge >= 0.3 is 0 Å². The van der Waals surface area contributed by atoms with Crippen LogP contribution >= 0.6 is 0 Å². The van der Waals surface area contributed by atoms with Crippen LogP contribution in [-0.2, 0) is 0 Å². The molecule has 0 fully saturated rings. The second kappa shape index (κ2) is 7.80. The van der Waals surface area contributed by atoms with Crippen molar-refractivity contribution >= 4 is 5.57 Å². The van der Waals surface area contributed by atoms with E-state index in [9.17, 15) is 0 Å². The van der Waals surface area contributed by atoms with Gasteiger partial charge in [-0.3, -0.25) is 0 Å². The number of benzene rings is 2. The van der Waals surface area contributed by atoms with Gasteiger partial charge in [0.15, 0.2) is 0 Å². The minimum atomic E-state index is 0.402. The summed E-state index contributed by atoms with van der Waals surface area (Å²) in [6.45, 7) is 6.47. The fourth-order valence-corrected chi connectivity index (χ4v) is 2.95. The molecule has 0 aliphatic rings. The lowest BCUT2D eigenvalue weighted by molar-refractivity contribution is 0.398. The molecular weight excluding hydrogens is 306 g/mol. The highest BCUT2D eigenvalue weighted by Gasteiger charge is 2.10. The van der Waals surface area contributed by atoms with E-state index in [4.69, 9.17) is 4.74 Å². The molecule has 2 aromatic carbocycles. The summed E-state index contributed by atoms with van der Waals surface area (Å²) in [5.74, 6) is 1.03. The summed E-state index contributed by atoms with van der Waals surface area (Å²) in [7, 11) is 1.62. The Hall–Kier alpha value is -2.87. The third-order valence-corrected chi connectivity index (χ3v) is 4.49. The summed E-state index contributed by atoms with van der Waals surface area (Å²) in [6.07, 6.45) is 2.73. The van der Waals surface area contributed by atoms with Gasteiger partial charge in [0.25, 0.3) is 0 Å². The maximum Gasteiger partial charge on any atom is 0.212 e. The number of nitrogens with zero attached hydrogens (tertiary/aromatic N) is 1. The molecule has 1 aromatic heterocycles. The van der Waals surface area contributed by atoms with Crippen molar-refractivity contribution < 1.29 is 4.74 Å². The van der Waals surface area contributed by atoms with Gasteiger partial charge in [-0.1, -0.05) is 68.1 Å². The molecule has 0 unspecified atom stereocenters. The van der Waals surface area contributed by atoms with Crippen molar-refractivity contribution in [3.05, 3.63) is 90.6 Å². The Balaban J connectivity index is 1.68. The van der Waals surface area contributed by atoms with Crippen LogP contribution in [0.4, 0.5) is 0 Å². The van der Waals surface area contributed by atoms with E-state index in [-0.39, 0.29) is 0 Å². The Morgan fingerprint density at radius 1 is 0.960 bits per heavy atom. The summed E-state index contributed by atoms with van der Waals surface area (Å²) in [5.41, 5.74) is 5.97. The van der Waals surface area contributed by atoms with Crippen molar-refractivity contribution in [2.24, 2.45) is 0 Å². The third-order valence-electron chi connectivity index (χ3n) is 4.49. The van der Waals surface area contributed by atoms with E-state index in [1.807, 2.05) is 24.4 Å². The van der Waals surface area contributed by atoms with Gasteiger partial charge in [0.05, 0.1) is 7.11 Å². The highest BCUT2D eigenvalue weighted by atomic mass is 16.5. The average molecular weight is 329 g/mol. The van der Waals surface area contributed by atoms with Crippen LogP contribution in [0.1, 0.15) is 30.4 Å². The number of allylic oxidation sites excluding steroid dienone is 1. The predicted molar refractivity (Wildman–Crippen MR) is 105 cm³/mol. The first kappa shape index (κ1) is 17.0. The molecule has 0 aliphatic heterocycles. The fraction of sp³-hybridized carbons (Fsp3) is 0.174. The average Bonchev–Trinajstić information content (AvgIpc) is 2.68. The summed E-state index contributed by atoms with van der Waals surface area (Å²) < 4.78 is 5.11. The fourth-order valence-electron chi connectivity index (χ4n) is 2.95. The zero-order chi connectivity index (χ0) is 17.6. The Labute approximate surface area is 149 Å². The van der Waals surface area contributed by atoms with E-state index in [0.717, 1.165) is 17.6 Å². The van der Waals surface area contributed by atoms with Crippen molar-refractivity contribution in [2.45, 2.75) is 19.3 Å². The van der Waals surface area contributed by atoms with E-state index < -0.39 is 0 Å². The second-order valence-electron chi connectivity index (χ2n) is 6.29. The molecule has 0 N–H and O–H groups in total. The Morgan fingerprint density at radius 2 is 1.64 bits per heavy atom. The maximum absolute atomic E-state index is 5.11. The Bertz CT molecular complexity index is 820. The molecule has 126 valence electrons. The SMILES string of the molecule is C=C(C[C@@H](C)c1ccc(-c2ccccc2)cc1)c1ccc(OC)nc1. The van der Waals surface area contributed by atoms with Crippen LogP contribution in [-0.4, -0.2) is 12.1 Å². The highest BCUT2D eigenvalue weighted by molar-refractivity contribution is 5.65. The highest BCUT2D eigenvalue weighted by Crippen LogP contribution is 2.29. The van der Waals surface area contributed by atoms with E-state index >= 15 is 0 Å².